The maximum atomic E-state index is 12.4. The molecule has 0 radical (unpaired) electrons. The summed E-state index contributed by atoms with van der Waals surface area (Å²) in [6.07, 6.45) is 3.16. The van der Waals surface area contributed by atoms with Crippen molar-refractivity contribution in [3.05, 3.63) is 41.7 Å². The number of H-pyrrole nitrogens is 1. The van der Waals surface area contributed by atoms with Gasteiger partial charge in [-0.05, 0) is 44.5 Å². The number of aromatic nitrogens is 2. The molecule has 1 aromatic heterocycles. The summed E-state index contributed by atoms with van der Waals surface area (Å²) in [5.74, 6) is 1.12. The summed E-state index contributed by atoms with van der Waals surface area (Å²) in [5.41, 5.74) is 2.71. The number of hydrogen-bond donors (Lipinski definition) is 3. The zero-order valence-electron chi connectivity index (χ0n) is 14.1. The van der Waals surface area contributed by atoms with Crippen LogP contribution in [0.1, 0.15) is 37.4 Å². The molecule has 1 unspecified atom stereocenters. The van der Waals surface area contributed by atoms with E-state index in [-0.39, 0.29) is 12.0 Å². The van der Waals surface area contributed by atoms with Gasteiger partial charge in [0.15, 0.2) is 0 Å². The molecule has 6 heteroatoms. The SMILES string of the molecule is CC(C)Oc1cccc(CC(=O)Nc2cn[nH]c2C2CCNC2)c1. The molecule has 1 fully saturated rings. The minimum atomic E-state index is -0.0506. The van der Waals surface area contributed by atoms with Crippen LogP contribution in [0.2, 0.25) is 0 Å². The Balaban J connectivity index is 1.63. The Hall–Kier alpha value is -2.34. The van der Waals surface area contributed by atoms with Gasteiger partial charge in [0.05, 0.1) is 30.1 Å². The lowest BCUT2D eigenvalue weighted by Crippen LogP contribution is -2.16. The summed E-state index contributed by atoms with van der Waals surface area (Å²) in [7, 11) is 0. The van der Waals surface area contributed by atoms with Crippen LogP contribution in [-0.2, 0) is 11.2 Å². The average molecular weight is 328 g/mol. The first-order chi connectivity index (χ1) is 11.6. The summed E-state index contributed by atoms with van der Waals surface area (Å²) < 4.78 is 5.68. The third kappa shape index (κ3) is 4.14. The molecule has 1 amide bonds. The van der Waals surface area contributed by atoms with E-state index in [1.165, 1.54) is 0 Å². The van der Waals surface area contributed by atoms with Gasteiger partial charge in [-0.1, -0.05) is 12.1 Å². The van der Waals surface area contributed by atoms with Crippen molar-refractivity contribution in [3.63, 3.8) is 0 Å². The molecule has 6 nitrogen and oxygen atoms in total. The molecule has 1 atom stereocenters. The maximum Gasteiger partial charge on any atom is 0.228 e. The predicted octanol–water partition coefficient (Wildman–Crippen LogP) is 2.46. The lowest BCUT2D eigenvalue weighted by Gasteiger charge is -2.12. The monoisotopic (exact) mass is 328 g/mol. The molecule has 3 rings (SSSR count). The van der Waals surface area contributed by atoms with Crippen molar-refractivity contribution in [3.8, 4) is 5.75 Å². The number of carbonyl (C=O) groups is 1. The fourth-order valence-electron chi connectivity index (χ4n) is 2.99. The predicted molar refractivity (Wildman–Crippen MR) is 93.4 cm³/mol. The molecule has 0 spiro atoms. The highest BCUT2D eigenvalue weighted by atomic mass is 16.5. The van der Waals surface area contributed by atoms with Crippen molar-refractivity contribution >= 4 is 11.6 Å². The number of hydrogen-bond acceptors (Lipinski definition) is 4. The number of ether oxygens (including phenoxy) is 1. The zero-order valence-corrected chi connectivity index (χ0v) is 14.1. The molecular weight excluding hydrogens is 304 g/mol. The quantitative estimate of drug-likeness (QED) is 0.761. The van der Waals surface area contributed by atoms with Crippen LogP contribution < -0.4 is 15.4 Å². The Morgan fingerprint density at radius 2 is 2.33 bits per heavy atom. The molecule has 128 valence electrons. The molecule has 0 aliphatic carbocycles. The van der Waals surface area contributed by atoms with E-state index >= 15 is 0 Å². The van der Waals surface area contributed by atoms with Crippen LogP contribution in [0.25, 0.3) is 0 Å². The Bertz CT molecular complexity index is 690. The van der Waals surface area contributed by atoms with Crippen molar-refractivity contribution in [2.75, 3.05) is 18.4 Å². The lowest BCUT2D eigenvalue weighted by atomic mass is 10.0. The van der Waals surface area contributed by atoms with E-state index in [0.29, 0.717) is 12.3 Å². The van der Waals surface area contributed by atoms with Gasteiger partial charge in [0.25, 0.3) is 0 Å². The maximum absolute atomic E-state index is 12.4. The first-order valence-corrected chi connectivity index (χ1v) is 8.41. The number of nitrogens with one attached hydrogen (secondary N) is 3. The summed E-state index contributed by atoms with van der Waals surface area (Å²) in [4.78, 5) is 12.4. The Kier molecular flexibility index (Phi) is 5.15. The van der Waals surface area contributed by atoms with E-state index in [4.69, 9.17) is 4.74 Å². The molecular formula is C18H24N4O2. The number of aromatic amines is 1. The van der Waals surface area contributed by atoms with Crippen LogP contribution in [-0.4, -0.2) is 35.3 Å². The van der Waals surface area contributed by atoms with Crippen molar-refractivity contribution in [2.24, 2.45) is 0 Å². The van der Waals surface area contributed by atoms with Crippen LogP contribution in [0, 0.1) is 0 Å². The van der Waals surface area contributed by atoms with Crippen LogP contribution in [0.5, 0.6) is 5.75 Å². The fraction of sp³-hybridized carbons (Fsp3) is 0.444. The fourth-order valence-corrected chi connectivity index (χ4v) is 2.99. The van der Waals surface area contributed by atoms with Crippen molar-refractivity contribution < 1.29 is 9.53 Å². The number of carbonyl (C=O) groups excluding carboxylic acids is 1. The third-order valence-electron chi connectivity index (χ3n) is 4.05. The van der Waals surface area contributed by atoms with Crippen LogP contribution in [0.4, 0.5) is 5.69 Å². The van der Waals surface area contributed by atoms with E-state index in [9.17, 15) is 4.79 Å². The molecule has 1 aromatic carbocycles. The first-order valence-electron chi connectivity index (χ1n) is 8.41. The van der Waals surface area contributed by atoms with Gasteiger partial charge in [0.1, 0.15) is 5.75 Å². The Morgan fingerprint density at radius 3 is 3.08 bits per heavy atom. The standard InChI is InChI=1S/C18H24N4O2/c1-12(2)24-15-5-3-4-13(8-15)9-17(23)21-16-11-20-22-18(16)14-6-7-19-10-14/h3-5,8,11-12,14,19H,6-7,9-10H2,1-2H3,(H,20,22)(H,21,23). The molecule has 0 saturated carbocycles. The summed E-state index contributed by atoms with van der Waals surface area (Å²) >= 11 is 0. The van der Waals surface area contributed by atoms with E-state index in [0.717, 1.165) is 42.2 Å². The number of anilines is 1. The summed E-state index contributed by atoms with van der Waals surface area (Å²) in [6, 6.07) is 7.66. The highest BCUT2D eigenvalue weighted by molar-refractivity contribution is 5.92. The number of nitrogens with zero attached hydrogens (tertiary/aromatic N) is 1. The molecule has 1 aliphatic heterocycles. The molecule has 0 bridgehead atoms. The van der Waals surface area contributed by atoms with Gasteiger partial charge in [-0.2, -0.15) is 5.10 Å². The number of rotatable bonds is 6. The Morgan fingerprint density at radius 1 is 1.46 bits per heavy atom. The molecule has 1 aliphatic rings. The van der Waals surface area contributed by atoms with Crippen molar-refractivity contribution in [1.82, 2.24) is 15.5 Å². The second-order valence-corrected chi connectivity index (χ2v) is 6.43. The number of amides is 1. The van der Waals surface area contributed by atoms with E-state index in [1.54, 1.807) is 6.20 Å². The van der Waals surface area contributed by atoms with Gasteiger partial charge in [-0.25, -0.2) is 0 Å². The first kappa shape index (κ1) is 16.5. The van der Waals surface area contributed by atoms with Gasteiger partial charge in [-0.15, -0.1) is 0 Å². The lowest BCUT2D eigenvalue weighted by molar-refractivity contribution is -0.115. The van der Waals surface area contributed by atoms with Gasteiger partial charge in [0, 0.05) is 12.5 Å². The minimum absolute atomic E-state index is 0.0506. The van der Waals surface area contributed by atoms with Gasteiger partial charge in [-0.3, -0.25) is 9.89 Å². The highest BCUT2D eigenvalue weighted by Gasteiger charge is 2.22. The van der Waals surface area contributed by atoms with Gasteiger partial charge < -0.3 is 15.4 Å². The van der Waals surface area contributed by atoms with Crippen LogP contribution >= 0.6 is 0 Å². The van der Waals surface area contributed by atoms with E-state index < -0.39 is 0 Å². The molecule has 2 heterocycles. The van der Waals surface area contributed by atoms with Gasteiger partial charge >= 0.3 is 0 Å². The zero-order chi connectivity index (χ0) is 16.9. The van der Waals surface area contributed by atoms with Crippen LogP contribution in [0.15, 0.2) is 30.5 Å². The normalized spacial score (nSPS) is 17.2. The van der Waals surface area contributed by atoms with E-state index in [1.807, 2.05) is 38.1 Å². The molecule has 3 N–H and O–H groups in total. The molecule has 2 aromatic rings. The van der Waals surface area contributed by atoms with E-state index in [2.05, 4.69) is 20.8 Å². The van der Waals surface area contributed by atoms with Crippen molar-refractivity contribution in [2.45, 2.75) is 38.7 Å². The largest absolute Gasteiger partial charge is 0.491 e. The second-order valence-electron chi connectivity index (χ2n) is 6.43. The highest BCUT2D eigenvalue weighted by Crippen LogP contribution is 2.27. The topological polar surface area (TPSA) is 79.0 Å². The Labute approximate surface area is 142 Å². The third-order valence-corrected chi connectivity index (χ3v) is 4.05. The second kappa shape index (κ2) is 7.49. The van der Waals surface area contributed by atoms with Crippen LogP contribution in [0.3, 0.4) is 0 Å². The molecule has 1 saturated heterocycles. The minimum Gasteiger partial charge on any atom is -0.491 e. The smallest absolute Gasteiger partial charge is 0.228 e. The molecule has 24 heavy (non-hydrogen) atoms. The summed E-state index contributed by atoms with van der Waals surface area (Å²) in [6.45, 7) is 5.88. The number of benzene rings is 1. The average Bonchev–Trinajstić information content (AvgIpc) is 3.17. The summed E-state index contributed by atoms with van der Waals surface area (Å²) in [5, 5.41) is 13.4. The van der Waals surface area contributed by atoms with Gasteiger partial charge in [0.2, 0.25) is 5.91 Å². The van der Waals surface area contributed by atoms with Crippen molar-refractivity contribution in [1.29, 1.82) is 0 Å².